The highest BCUT2D eigenvalue weighted by Gasteiger charge is 2.37. The molecule has 1 aliphatic carbocycles. The molecule has 1 unspecified atom stereocenters. The van der Waals surface area contributed by atoms with Gasteiger partial charge in [-0.1, -0.05) is 24.3 Å². The van der Waals surface area contributed by atoms with Gasteiger partial charge in [-0.3, -0.25) is 19.1 Å². The van der Waals surface area contributed by atoms with E-state index in [0.717, 1.165) is 11.1 Å². The summed E-state index contributed by atoms with van der Waals surface area (Å²) in [5, 5.41) is 0. The molecule has 2 aromatic rings. The number of carbonyl (C=O) groups excluding carboxylic acids is 3. The predicted molar refractivity (Wildman–Crippen MR) is 121 cm³/mol. The maximum atomic E-state index is 12.9. The average molecular weight is 455 g/mol. The lowest BCUT2D eigenvalue weighted by atomic mass is 9.94. The molecule has 0 saturated heterocycles. The van der Waals surface area contributed by atoms with Crippen molar-refractivity contribution in [3.05, 3.63) is 64.7 Å². The first-order valence-electron chi connectivity index (χ1n) is 10.8. The molecule has 2 aliphatic rings. The number of anilines is 1. The normalized spacial score (nSPS) is 19.5. The number of ketones is 2. The number of rotatable bonds is 5. The van der Waals surface area contributed by atoms with Gasteiger partial charge in [-0.2, -0.15) is 0 Å². The Morgan fingerprint density at radius 2 is 1.81 bits per heavy atom. The number of fused-ring (bicyclic) bond motifs is 1. The molecule has 1 fully saturated rings. The average Bonchev–Trinajstić information content (AvgIpc) is 3.04. The molecule has 0 spiro atoms. The highest BCUT2D eigenvalue weighted by molar-refractivity contribution is 7.91. The summed E-state index contributed by atoms with van der Waals surface area (Å²) in [6.07, 6.45) is 1.86. The number of sulfonamides is 1. The van der Waals surface area contributed by atoms with Crippen LogP contribution in [0.3, 0.4) is 0 Å². The number of benzene rings is 2. The van der Waals surface area contributed by atoms with Gasteiger partial charge in [-0.25, -0.2) is 8.42 Å². The molecule has 1 aliphatic heterocycles. The Balaban J connectivity index is 1.51. The zero-order valence-corrected chi connectivity index (χ0v) is 18.8. The summed E-state index contributed by atoms with van der Waals surface area (Å²) in [6, 6.07) is 11.5. The van der Waals surface area contributed by atoms with Crippen molar-refractivity contribution in [2.45, 2.75) is 57.4 Å². The fourth-order valence-corrected chi connectivity index (χ4v) is 5.68. The van der Waals surface area contributed by atoms with E-state index >= 15 is 0 Å². The van der Waals surface area contributed by atoms with Gasteiger partial charge in [0.05, 0.1) is 11.8 Å². The fourth-order valence-electron chi connectivity index (χ4n) is 4.39. The Morgan fingerprint density at radius 1 is 1.03 bits per heavy atom. The van der Waals surface area contributed by atoms with Crippen molar-refractivity contribution in [1.82, 2.24) is 4.90 Å². The van der Waals surface area contributed by atoms with E-state index in [4.69, 9.17) is 0 Å². The lowest BCUT2D eigenvalue weighted by Gasteiger charge is -2.27. The number of nitrogens with one attached hydrogen (secondary N) is 1. The van der Waals surface area contributed by atoms with Crippen molar-refractivity contribution in [2.75, 3.05) is 4.72 Å². The fraction of sp³-hybridized carbons (Fsp3) is 0.375. The maximum absolute atomic E-state index is 12.9. The number of hydrogen-bond donors (Lipinski definition) is 1. The van der Waals surface area contributed by atoms with Gasteiger partial charge in [0.2, 0.25) is 10.0 Å². The van der Waals surface area contributed by atoms with Crippen LogP contribution >= 0.6 is 0 Å². The van der Waals surface area contributed by atoms with E-state index in [2.05, 4.69) is 4.72 Å². The number of aryl methyl sites for hydroxylation is 1. The van der Waals surface area contributed by atoms with E-state index in [1.165, 1.54) is 4.90 Å². The minimum atomic E-state index is -3.64. The van der Waals surface area contributed by atoms with Gasteiger partial charge >= 0.3 is 0 Å². The first-order chi connectivity index (χ1) is 15.2. The Hall–Kier alpha value is -3.00. The molecule has 8 heteroatoms. The molecule has 1 amide bonds. The van der Waals surface area contributed by atoms with Gasteiger partial charge in [0.25, 0.3) is 5.91 Å². The molecule has 0 aromatic heterocycles. The van der Waals surface area contributed by atoms with Gasteiger partial charge in [0.15, 0.2) is 5.78 Å². The Kier molecular flexibility index (Phi) is 6.15. The highest BCUT2D eigenvalue weighted by atomic mass is 32.2. The summed E-state index contributed by atoms with van der Waals surface area (Å²) in [4.78, 5) is 38.9. The number of carbonyl (C=O) groups is 3. The summed E-state index contributed by atoms with van der Waals surface area (Å²) in [6.45, 7) is 2.09. The topological polar surface area (TPSA) is 101 Å². The lowest BCUT2D eigenvalue weighted by molar-refractivity contribution is -0.126. The van der Waals surface area contributed by atoms with Gasteiger partial charge in [0.1, 0.15) is 5.78 Å². The molecule has 7 nitrogen and oxygen atoms in total. The first kappa shape index (κ1) is 22.2. The molecule has 1 heterocycles. The van der Waals surface area contributed by atoms with E-state index in [0.29, 0.717) is 48.9 Å². The summed E-state index contributed by atoms with van der Waals surface area (Å²) >= 11 is 0. The van der Waals surface area contributed by atoms with Crippen molar-refractivity contribution >= 4 is 33.2 Å². The SMILES string of the molecule is Cc1ccccc1CS(=O)(=O)Nc1ccc2c(c1)CN(C1CCC(=O)CCCC1=O)C2=O. The summed E-state index contributed by atoms with van der Waals surface area (Å²) in [5.41, 5.74) is 3.14. The van der Waals surface area contributed by atoms with E-state index in [-0.39, 0.29) is 29.8 Å². The molecule has 1 atom stereocenters. The van der Waals surface area contributed by atoms with Crippen molar-refractivity contribution in [1.29, 1.82) is 0 Å². The summed E-state index contributed by atoms with van der Waals surface area (Å²) in [7, 11) is -3.64. The molecule has 1 saturated carbocycles. The van der Waals surface area contributed by atoms with Crippen molar-refractivity contribution < 1.29 is 22.8 Å². The Bertz CT molecular complexity index is 1190. The first-order valence-corrected chi connectivity index (χ1v) is 12.4. The lowest BCUT2D eigenvalue weighted by Crippen LogP contribution is -2.42. The monoisotopic (exact) mass is 454 g/mol. The Morgan fingerprint density at radius 3 is 2.59 bits per heavy atom. The summed E-state index contributed by atoms with van der Waals surface area (Å²) < 4.78 is 28.0. The molecule has 0 bridgehead atoms. The van der Waals surface area contributed by atoms with Gasteiger partial charge in [-0.15, -0.1) is 0 Å². The molecule has 32 heavy (non-hydrogen) atoms. The quantitative estimate of drug-likeness (QED) is 0.747. The van der Waals surface area contributed by atoms with Crippen molar-refractivity contribution in [2.24, 2.45) is 0 Å². The van der Waals surface area contributed by atoms with Crippen molar-refractivity contribution in [3.63, 3.8) is 0 Å². The molecule has 4 rings (SSSR count). The Labute approximate surface area is 187 Å². The maximum Gasteiger partial charge on any atom is 0.255 e. The van der Waals surface area contributed by atoms with E-state index in [1.54, 1.807) is 30.3 Å². The standard InChI is InChI=1S/C24H26N2O5S/c1-16-5-2-3-6-17(16)15-32(30,31)25-19-9-11-21-18(13-19)14-26(24(21)29)22-12-10-20(27)7-4-8-23(22)28/h2-3,5-6,9,11,13,22,25H,4,7-8,10,12,14-15H2,1H3. The minimum Gasteiger partial charge on any atom is -0.324 e. The summed E-state index contributed by atoms with van der Waals surface area (Å²) in [5.74, 6) is -0.289. The van der Waals surface area contributed by atoms with E-state index < -0.39 is 16.1 Å². The van der Waals surface area contributed by atoms with Gasteiger partial charge < -0.3 is 4.90 Å². The third-order valence-electron chi connectivity index (χ3n) is 6.14. The molecular weight excluding hydrogens is 428 g/mol. The van der Waals surface area contributed by atoms with Gasteiger partial charge in [-0.05, 0) is 54.7 Å². The van der Waals surface area contributed by atoms with Crippen LogP contribution < -0.4 is 4.72 Å². The third-order valence-corrected chi connectivity index (χ3v) is 7.38. The molecular formula is C24H26N2O5S. The predicted octanol–water partition coefficient (Wildman–Crippen LogP) is 3.36. The highest BCUT2D eigenvalue weighted by Crippen LogP contribution is 2.30. The molecule has 1 N–H and O–H groups in total. The van der Waals surface area contributed by atoms with Crippen LogP contribution in [0.25, 0.3) is 0 Å². The second-order valence-corrected chi connectivity index (χ2v) is 10.2. The zero-order valence-electron chi connectivity index (χ0n) is 18.0. The second kappa shape index (κ2) is 8.86. The van der Waals surface area contributed by atoms with E-state index in [1.807, 2.05) is 19.1 Å². The van der Waals surface area contributed by atoms with Crippen LogP contribution in [-0.2, 0) is 31.9 Å². The van der Waals surface area contributed by atoms with Crippen LogP contribution in [0.5, 0.6) is 0 Å². The third kappa shape index (κ3) is 4.75. The second-order valence-electron chi connectivity index (χ2n) is 8.51. The number of nitrogens with zero attached hydrogens (tertiary/aromatic N) is 1. The molecule has 2 aromatic carbocycles. The number of amides is 1. The van der Waals surface area contributed by atoms with Crippen LogP contribution in [0.4, 0.5) is 5.69 Å². The van der Waals surface area contributed by atoms with Gasteiger partial charge in [0, 0.05) is 37.1 Å². The largest absolute Gasteiger partial charge is 0.324 e. The van der Waals surface area contributed by atoms with E-state index in [9.17, 15) is 22.8 Å². The minimum absolute atomic E-state index is 0.0159. The van der Waals surface area contributed by atoms with Crippen LogP contribution in [0.15, 0.2) is 42.5 Å². The van der Waals surface area contributed by atoms with Crippen molar-refractivity contribution in [3.8, 4) is 0 Å². The van der Waals surface area contributed by atoms with Crippen LogP contribution in [-0.4, -0.2) is 36.8 Å². The molecule has 168 valence electrons. The van der Waals surface area contributed by atoms with Crippen LogP contribution in [0.1, 0.15) is 59.2 Å². The molecule has 0 radical (unpaired) electrons. The number of Topliss-reactive ketones (excluding diaryl/α,β-unsaturated/α-hetero) is 2. The zero-order chi connectivity index (χ0) is 22.9. The van der Waals surface area contributed by atoms with Crippen LogP contribution in [0, 0.1) is 6.92 Å². The smallest absolute Gasteiger partial charge is 0.255 e. The number of hydrogen-bond acceptors (Lipinski definition) is 5. The van der Waals surface area contributed by atoms with Crippen LogP contribution in [0.2, 0.25) is 0 Å².